The molecule has 0 fully saturated rings. The molecule has 0 saturated carbocycles. The average Bonchev–Trinajstić information content (AvgIpc) is 2.52. The second-order valence-electron chi connectivity index (χ2n) is 4.94. The van der Waals surface area contributed by atoms with Crippen LogP contribution in [0.25, 0.3) is 0 Å². The number of Topliss-reactive ketones (excluding diaryl/α,β-unsaturated/α-hetero) is 1. The quantitative estimate of drug-likeness (QED) is 0.829. The number of aryl methyl sites for hydroxylation is 1. The maximum absolute atomic E-state index is 11.9. The van der Waals surface area contributed by atoms with Crippen LogP contribution in [0.3, 0.4) is 0 Å². The number of ketones is 1. The number of anilines is 1. The van der Waals surface area contributed by atoms with Crippen LogP contribution in [0.2, 0.25) is 0 Å². The van der Waals surface area contributed by atoms with Crippen molar-refractivity contribution in [3.8, 4) is 11.5 Å². The van der Waals surface area contributed by atoms with Crippen molar-refractivity contribution < 1.29 is 19.1 Å². The second-order valence-corrected chi connectivity index (χ2v) is 4.94. The molecule has 1 amide bonds. The SMILES string of the molecule is COc1cc(C(C)=O)ccc1OCC(=O)Nc1ccnc(C)c1. The largest absolute Gasteiger partial charge is 0.493 e. The molecule has 0 unspecified atom stereocenters. The van der Waals surface area contributed by atoms with Gasteiger partial charge in [-0.3, -0.25) is 14.6 Å². The van der Waals surface area contributed by atoms with Gasteiger partial charge in [-0.15, -0.1) is 0 Å². The lowest BCUT2D eigenvalue weighted by Gasteiger charge is -2.11. The van der Waals surface area contributed by atoms with Gasteiger partial charge in [0.15, 0.2) is 23.9 Å². The van der Waals surface area contributed by atoms with Gasteiger partial charge >= 0.3 is 0 Å². The first-order valence-electron chi connectivity index (χ1n) is 7.04. The summed E-state index contributed by atoms with van der Waals surface area (Å²) >= 11 is 0. The number of carbonyl (C=O) groups is 2. The van der Waals surface area contributed by atoms with Crippen molar-refractivity contribution in [1.82, 2.24) is 4.98 Å². The van der Waals surface area contributed by atoms with Crippen LogP contribution in [0.15, 0.2) is 36.5 Å². The number of aromatic nitrogens is 1. The van der Waals surface area contributed by atoms with E-state index in [0.717, 1.165) is 5.69 Å². The highest BCUT2D eigenvalue weighted by atomic mass is 16.5. The summed E-state index contributed by atoms with van der Waals surface area (Å²) in [6.45, 7) is 3.14. The number of carbonyl (C=O) groups excluding carboxylic acids is 2. The van der Waals surface area contributed by atoms with Crippen LogP contribution in [0, 0.1) is 6.92 Å². The number of nitrogens with one attached hydrogen (secondary N) is 1. The first-order chi connectivity index (χ1) is 11.0. The van der Waals surface area contributed by atoms with E-state index in [1.165, 1.54) is 14.0 Å². The van der Waals surface area contributed by atoms with Crippen LogP contribution in [0.5, 0.6) is 11.5 Å². The summed E-state index contributed by atoms with van der Waals surface area (Å²) in [4.78, 5) is 27.3. The number of pyridine rings is 1. The summed E-state index contributed by atoms with van der Waals surface area (Å²) in [5.41, 5.74) is 1.99. The normalized spacial score (nSPS) is 10.0. The Morgan fingerprint density at radius 1 is 1.17 bits per heavy atom. The van der Waals surface area contributed by atoms with E-state index >= 15 is 0 Å². The zero-order valence-electron chi connectivity index (χ0n) is 13.3. The molecule has 2 aromatic rings. The molecule has 23 heavy (non-hydrogen) atoms. The number of hydrogen-bond donors (Lipinski definition) is 1. The third-order valence-corrected chi connectivity index (χ3v) is 3.11. The number of rotatable bonds is 6. The Morgan fingerprint density at radius 3 is 2.61 bits per heavy atom. The van der Waals surface area contributed by atoms with E-state index in [1.807, 2.05) is 6.92 Å². The van der Waals surface area contributed by atoms with Crippen LogP contribution in [0.1, 0.15) is 23.0 Å². The molecule has 120 valence electrons. The minimum atomic E-state index is -0.298. The lowest BCUT2D eigenvalue weighted by atomic mass is 10.1. The molecule has 1 N–H and O–H groups in total. The molecule has 0 aliphatic carbocycles. The molecule has 1 aromatic heterocycles. The molecule has 1 heterocycles. The topological polar surface area (TPSA) is 77.5 Å². The van der Waals surface area contributed by atoms with Gasteiger partial charge in [0.05, 0.1) is 7.11 Å². The van der Waals surface area contributed by atoms with Crippen molar-refractivity contribution in [3.05, 3.63) is 47.8 Å². The number of amides is 1. The fourth-order valence-corrected chi connectivity index (χ4v) is 1.97. The molecule has 0 atom stereocenters. The van der Waals surface area contributed by atoms with Gasteiger partial charge in [-0.25, -0.2) is 0 Å². The maximum atomic E-state index is 11.9. The zero-order valence-corrected chi connectivity index (χ0v) is 13.3. The van der Waals surface area contributed by atoms with Crippen LogP contribution < -0.4 is 14.8 Å². The van der Waals surface area contributed by atoms with Crippen molar-refractivity contribution >= 4 is 17.4 Å². The van der Waals surface area contributed by atoms with E-state index in [1.54, 1.807) is 36.5 Å². The summed E-state index contributed by atoms with van der Waals surface area (Å²) in [5, 5.41) is 2.72. The lowest BCUT2D eigenvalue weighted by molar-refractivity contribution is -0.118. The Kier molecular flexibility index (Phi) is 5.30. The minimum absolute atomic E-state index is 0.0688. The fraction of sp³-hybridized carbons (Fsp3) is 0.235. The molecule has 0 saturated heterocycles. The Balaban J connectivity index is 2.00. The summed E-state index contributed by atoms with van der Waals surface area (Å²) in [6.07, 6.45) is 1.62. The predicted molar refractivity (Wildman–Crippen MR) is 86.1 cm³/mol. The van der Waals surface area contributed by atoms with E-state index in [4.69, 9.17) is 9.47 Å². The van der Waals surface area contributed by atoms with Gasteiger partial charge in [-0.1, -0.05) is 0 Å². The first kappa shape index (κ1) is 16.5. The predicted octanol–water partition coefficient (Wildman–Crippen LogP) is 2.62. The Hall–Kier alpha value is -2.89. The van der Waals surface area contributed by atoms with Crippen LogP contribution in [-0.2, 0) is 4.79 Å². The monoisotopic (exact) mass is 314 g/mol. The van der Waals surface area contributed by atoms with Gasteiger partial charge < -0.3 is 14.8 Å². The summed E-state index contributed by atoms with van der Waals surface area (Å²) in [7, 11) is 1.48. The van der Waals surface area contributed by atoms with Gasteiger partial charge in [0, 0.05) is 23.1 Å². The van der Waals surface area contributed by atoms with Gasteiger partial charge in [0.25, 0.3) is 5.91 Å². The third kappa shape index (κ3) is 4.54. The highest BCUT2D eigenvalue weighted by molar-refractivity contribution is 5.95. The number of benzene rings is 1. The van der Waals surface area contributed by atoms with E-state index in [0.29, 0.717) is 22.7 Å². The van der Waals surface area contributed by atoms with E-state index in [2.05, 4.69) is 10.3 Å². The average molecular weight is 314 g/mol. The molecule has 0 radical (unpaired) electrons. The maximum Gasteiger partial charge on any atom is 0.262 e. The van der Waals surface area contributed by atoms with E-state index in [-0.39, 0.29) is 18.3 Å². The van der Waals surface area contributed by atoms with Crippen molar-refractivity contribution in [2.24, 2.45) is 0 Å². The van der Waals surface area contributed by atoms with Crippen LogP contribution in [-0.4, -0.2) is 30.4 Å². The van der Waals surface area contributed by atoms with Crippen molar-refractivity contribution in [2.75, 3.05) is 19.0 Å². The minimum Gasteiger partial charge on any atom is -0.493 e. The molecule has 6 heteroatoms. The zero-order chi connectivity index (χ0) is 16.8. The second kappa shape index (κ2) is 7.40. The Bertz CT molecular complexity index is 728. The lowest BCUT2D eigenvalue weighted by Crippen LogP contribution is -2.20. The summed E-state index contributed by atoms with van der Waals surface area (Å²) in [6, 6.07) is 8.29. The van der Waals surface area contributed by atoms with Crippen molar-refractivity contribution in [3.63, 3.8) is 0 Å². The van der Waals surface area contributed by atoms with Crippen molar-refractivity contribution in [1.29, 1.82) is 0 Å². The number of hydrogen-bond acceptors (Lipinski definition) is 5. The van der Waals surface area contributed by atoms with E-state index in [9.17, 15) is 9.59 Å². The molecule has 0 aliphatic rings. The van der Waals surface area contributed by atoms with Gasteiger partial charge in [-0.2, -0.15) is 0 Å². The number of methoxy groups -OCH3 is 1. The molecule has 0 spiro atoms. The first-order valence-corrected chi connectivity index (χ1v) is 7.04. The van der Waals surface area contributed by atoms with Crippen molar-refractivity contribution in [2.45, 2.75) is 13.8 Å². The number of nitrogens with zero attached hydrogens (tertiary/aromatic N) is 1. The molecule has 2 rings (SSSR count). The van der Waals surface area contributed by atoms with Gasteiger partial charge in [-0.05, 0) is 44.2 Å². The van der Waals surface area contributed by atoms with Gasteiger partial charge in [0.2, 0.25) is 0 Å². The highest BCUT2D eigenvalue weighted by Gasteiger charge is 2.10. The molecule has 0 bridgehead atoms. The standard InChI is InChI=1S/C17H18N2O4/c1-11-8-14(6-7-18-11)19-17(21)10-23-15-5-4-13(12(2)20)9-16(15)22-3/h4-9H,10H2,1-3H3,(H,18,19,21). The molecule has 6 nitrogen and oxygen atoms in total. The summed E-state index contributed by atoms with van der Waals surface area (Å²) in [5.74, 6) is 0.442. The molecular weight excluding hydrogens is 296 g/mol. The highest BCUT2D eigenvalue weighted by Crippen LogP contribution is 2.28. The molecule has 1 aromatic carbocycles. The molecule has 0 aliphatic heterocycles. The van der Waals surface area contributed by atoms with Crippen LogP contribution >= 0.6 is 0 Å². The third-order valence-electron chi connectivity index (χ3n) is 3.11. The number of ether oxygens (including phenoxy) is 2. The van der Waals surface area contributed by atoms with E-state index < -0.39 is 0 Å². The van der Waals surface area contributed by atoms with Crippen LogP contribution in [0.4, 0.5) is 5.69 Å². The smallest absolute Gasteiger partial charge is 0.262 e. The fourth-order valence-electron chi connectivity index (χ4n) is 1.97. The summed E-state index contributed by atoms with van der Waals surface area (Å²) < 4.78 is 10.6. The molecular formula is C17H18N2O4. The Labute approximate surface area is 134 Å². The van der Waals surface area contributed by atoms with Gasteiger partial charge in [0.1, 0.15) is 0 Å². The Morgan fingerprint density at radius 2 is 1.96 bits per heavy atom.